The molecule has 6 nitrogen and oxygen atoms in total. The number of aromatic nitrogens is 2. The Morgan fingerprint density at radius 2 is 2.06 bits per heavy atom. The summed E-state index contributed by atoms with van der Waals surface area (Å²) >= 11 is 0. The number of hydrogen-bond donors (Lipinski definition) is 1. The van der Waals surface area contributed by atoms with Crippen molar-refractivity contribution in [2.24, 2.45) is 0 Å². The van der Waals surface area contributed by atoms with Gasteiger partial charge in [-0.15, -0.1) is 0 Å². The largest absolute Gasteiger partial charge is 0.361 e. The molecule has 0 bridgehead atoms. The summed E-state index contributed by atoms with van der Waals surface area (Å²) in [5, 5.41) is 10.2. The van der Waals surface area contributed by atoms with E-state index in [1.54, 1.807) is 13.0 Å². The number of aryl methyl sites for hydroxylation is 3. The maximum Gasteiger partial charge on any atom is 0.225 e. The predicted octanol–water partition coefficient (Wildman–Crippen LogP) is 2.16. The Balaban J connectivity index is 1.89. The molecule has 6 heteroatoms. The first-order chi connectivity index (χ1) is 8.56. The van der Waals surface area contributed by atoms with Gasteiger partial charge in [-0.25, -0.2) is 0 Å². The SMILES string of the molecule is Cc1cc(NC(=O)CCc2c(C)noc2C)no1. The highest BCUT2D eigenvalue weighted by molar-refractivity contribution is 5.89. The highest BCUT2D eigenvalue weighted by atomic mass is 16.5. The lowest BCUT2D eigenvalue weighted by molar-refractivity contribution is -0.116. The molecule has 96 valence electrons. The lowest BCUT2D eigenvalue weighted by atomic mass is 10.1. The zero-order valence-electron chi connectivity index (χ0n) is 10.6. The van der Waals surface area contributed by atoms with Crippen molar-refractivity contribution in [1.82, 2.24) is 10.3 Å². The predicted molar refractivity (Wildman–Crippen MR) is 64.2 cm³/mol. The van der Waals surface area contributed by atoms with Gasteiger partial charge in [0.25, 0.3) is 0 Å². The number of carbonyl (C=O) groups is 1. The molecule has 0 fully saturated rings. The number of rotatable bonds is 4. The molecule has 0 saturated carbocycles. The molecule has 0 unspecified atom stereocenters. The van der Waals surface area contributed by atoms with E-state index in [1.807, 2.05) is 13.8 Å². The fourth-order valence-electron chi connectivity index (χ4n) is 1.73. The molecular weight excluding hydrogens is 234 g/mol. The smallest absolute Gasteiger partial charge is 0.225 e. The van der Waals surface area contributed by atoms with Crippen molar-refractivity contribution >= 4 is 11.7 Å². The van der Waals surface area contributed by atoms with Crippen LogP contribution in [0.4, 0.5) is 5.82 Å². The molecular formula is C12H15N3O3. The monoisotopic (exact) mass is 249 g/mol. The van der Waals surface area contributed by atoms with Crippen molar-refractivity contribution in [3.8, 4) is 0 Å². The van der Waals surface area contributed by atoms with E-state index in [9.17, 15) is 4.79 Å². The Bertz CT molecular complexity index is 537. The zero-order valence-corrected chi connectivity index (χ0v) is 10.6. The van der Waals surface area contributed by atoms with Crippen LogP contribution in [0.1, 0.15) is 29.2 Å². The van der Waals surface area contributed by atoms with Gasteiger partial charge in [-0.05, 0) is 27.2 Å². The molecule has 0 spiro atoms. The fourth-order valence-corrected chi connectivity index (χ4v) is 1.73. The Hall–Kier alpha value is -2.11. The molecule has 1 amide bonds. The fraction of sp³-hybridized carbons (Fsp3) is 0.417. The van der Waals surface area contributed by atoms with Crippen molar-refractivity contribution in [2.45, 2.75) is 33.6 Å². The number of amides is 1. The molecule has 1 N–H and O–H groups in total. The summed E-state index contributed by atoms with van der Waals surface area (Å²) in [7, 11) is 0. The van der Waals surface area contributed by atoms with Gasteiger partial charge in [-0.3, -0.25) is 4.79 Å². The van der Waals surface area contributed by atoms with Crippen LogP contribution in [-0.4, -0.2) is 16.2 Å². The molecule has 0 aromatic carbocycles. The lowest BCUT2D eigenvalue weighted by Gasteiger charge is -2.01. The van der Waals surface area contributed by atoms with Gasteiger partial charge in [-0.2, -0.15) is 0 Å². The minimum absolute atomic E-state index is 0.108. The summed E-state index contributed by atoms with van der Waals surface area (Å²) in [6.07, 6.45) is 0.957. The van der Waals surface area contributed by atoms with Gasteiger partial charge in [0.15, 0.2) is 5.82 Å². The number of anilines is 1. The third-order valence-electron chi connectivity index (χ3n) is 2.68. The van der Waals surface area contributed by atoms with E-state index in [4.69, 9.17) is 9.05 Å². The van der Waals surface area contributed by atoms with Crippen LogP contribution < -0.4 is 5.32 Å². The van der Waals surface area contributed by atoms with Crippen molar-refractivity contribution in [3.63, 3.8) is 0 Å². The molecule has 0 saturated heterocycles. The molecule has 18 heavy (non-hydrogen) atoms. The second kappa shape index (κ2) is 5.03. The first-order valence-electron chi connectivity index (χ1n) is 5.71. The lowest BCUT2D eigenvalue weighted by Crippen LogP contribution is -2.12. The van der Waals surface area contributed by atoms with Crippen LogP contribution in [0, 0.1) is 20.8 Å². The average molecular weight is 249 g/mol. The van der Waals surface area contributed by atoms with Gasteiger partial charge in [-0.1, -0.05) is 10.3 Å². The molecule has 0 aliphatic heterocycles. The first kappa shape index (κ1) is 12.3. The van der Waals surface area contributed by atoms with Gasteiger partial charge >= 0.3 is 0 Å². The first-order valence-corrected chi connectivity index (χ1v) is 5.71. The highest BCUT2D eigenvalue weighted by Gasteiger charge is 2.12. The van der Waals surface area contributed by atoms with Crippen molar-refractivity contribution in [1.29, 1.82) is 0 Å². The van der Waals surface area contributed by atoms with Gasteiger partial charge in [0, 0.05) is 18.1 Å². The van der Waals surface area contributed by atoms with Crippen molar-refractivity contribution < 1.29 is 13.8 Å². The minimum Gasteiger partial charge on any atom is -0.361 e. The third-order valence-corrected chi connectivity index (χ3v) is 2.68. The van der Waals surface area contributed by atoms with E-state index in [-0.39, 0.29) is 5.91 Å². The molecule has 2 aromatic rings. The van der Waals surface area contributed by atoms with Crippen molar-refractivity contribution in [2.75, 3.05) is 5.32 Å². The summed E-state index contributed by atoms with van der Waals surface area (Å²) < 4.78 is 9.90. The number of hydrogen-bond acceptors (Lipinski definition) is 5. The van der Waals surface area contributed by atoms with Crippen molar-refractivity contribution in [3.05, 3.63) is 28.8 Å². The average Bonchev–Trinajstić information content (AvgIpc) is 2.84. The summed E-state index contributed by atoms with van der Waals surface area (Å²) in [4.78, 5) is 11.7. The summed E-state index contributed by atoms with van der Waals surface area (Å²) in [5.74, 6) is 1.76. The molecule has 0 radical (unpaired) electrons. The van der Waals surface area contributed by atoms with Gasteiger partial charge in [0.05, 0.1) is 5.69 Å². The number of carbonyl (C=O) groups excluding carboxylic acids is 1. The van der Waals surface area contributed by atoms with E-state index < -0.39 is 0 Å². The van der Waals surface area contributed by atoms with Crippen LogP contribution in [0.5, 0.6) is 0 Å². The standard InChI is InChI=1S/C12H15N3O3/c1-7-6-11(15-17-7)13-12(16)5-4-10-8(2)14-18-9(10)3/h6H,4-5H2,1-3H3,(H,13,15,16). The minimum atomic E-state index is -0.108. The molecule has 2 aromatic heterocycles. The topological polar surface area (TPSA) is 81.2 Å². The molecule has 0 aliphatic rings. The molecule has 2 rings (SSSR count). The summed E-state index contributed by atoms with van der Waals surface area (Å²) in [6, 6.07) is 1.67. The number of nitrogens with one attached hydrogen (secondary N) is 1. The van der Waals surface area contributed by atoms with Crippen LogP contribution in [-0.2, 0) is 11.2 Å². The maximum atomic E-state index is 11.7. The van der Waals surface area contributed by atoms with Crippen LogP contribution in [0.25, 0.3) is 0 Å². The number of nitrogens with zero attached hydrogens (tertiary/aromatic N) is 2. The quantitative estimate of drug-likeness (QED) is 0.897. The van der Waals surface area contributed by atoms with Crippen LogP contribution >= 0.6 is 0 Å². The normalized spacial score (nSPS) is 10.6. The van der Waals surface area contributed by atoms with Crippen LogP contribution in [0.15, 0.2) is 15.1 Å². The van der Waals surface area contributed by atoms with Crippen LogP contribution in [0.2, 0.25) is 0 Å². The van der Waals surface area contributed by atoms with E-state index in [2.05, 4.69) is 15.6 Å². The summed E-state index contributed by atoms with van der Waals surface area (Å²) in [6.45, 7) is 5.48. The van der Waals surface area contributed by atoms with Crippen LogP contribution in [0.3, 0.4) is 0 Å². The van der Waals surface area contributed by atoms with Gasteiger partial charge in [0.1, 0.15) is 11.5 Å². The van der Waals surface area contributed by atoms with Gasteiger partial charge in [0.2, 0.25) is 5.91 Å². The third kappa shape index (κ3) is 2.77. The molecule has 0 atom stereocenters. The zero-order chi connectivity index (χ0) is 13.1. The Kier molecular flexibility index (Phi) is 3.45. The Labute approximate surface area is 104 Å². The Morgan fingerprint density at radius 1 is 1.28 bits per heavy atom. The maximum absolute atomic E-state index is 11.7. The van der Waals surface area contributed by atoms with E-state index in [0.29, 0.717) is 24.4 Å². The second-order valence-corrected chi connectivity index (χ2v) is 4.17. The Morgan fingerprint density at radius 3 is 2.61 bits per heavy atom. The molecule has 2 heterocycles. The van der Waals surface area contributed by atoms with E-state index >= 15 is 0 Å². The molecule has 0 aliphatic carbocycles. The van der Waals surface area contributed by atoms with E-state index in [1.165, 1.54) is 0 Å². The van der Waals surface area contributed by atoms with E-state index in [0.717, 1.165) is 17.0 Å². The summed E-state index contributed by atoms with van der Waals surface area (Å²) in [5.41, 5.74) is 1.82. The second-order valence-electron chi connectivity index (χ2n) is 4.17. The van der Waals surface area contributed by atoms with Gasteiger partial charge < -0.3 is 14.4 Å². The highest BCUT2D eigenvalue weighted by Crippen LogP contribution is 2.15.